The van der Waals surface area contributed by atoms with Crippen molar-refractivity contribution in [2.75, 3.05) is 12.8 Å². The fraction of sp³-hybridized carbons (Fsp3) is 0.650. The predicted molar refractivity (Wildman–Crippen MR) is 109 cm³/mol. The minimum Gasteiger partial charge on any atom is -0.347 e. The molecule has 2 saturated carbocycles. The molecule has 158 valence electrons. The number of sulfone groups is 1. The fourth-order valence-electron chi connectivity index (χ4n) is 4.35. The molecule has 1 aliphatic heterocycles. The molecule has 0 bridgehead atoms. The first-order chi connectivity index (χ1) is 13.8. The summed E-state index contributed by atoms with van der Waals surface area (Å²) in [5, 5.41) is 13.8. The van der Waals surface area contributed by atoms with Gasteiger partial charge in [-0.25, -0.2) is 8.42 Å². The number of hydrogen-bond donors (Lipinski definition) is 2. The first kappa shape index (κ1) is 20.3. The second-order valence-corrected chi connectivity index (χ2v) is 10.7. The van der Waals surface area contributed by atoms with Crippen molar-refractivity contribution >= 4 is 15.7 Å². The zero-order chi connectivity index (χ0) is 20.6. The van der Waals surface area contributed by atoms with Gasteiger partial charge in [-0.2, -0.15) is 5.11 Å². The third kappa shape index (κ3) is 4.45. The number of hydrogen-bond acceptors (Lipinski definition) is 7. The normalized spacial score (nSPS) is 25.0. The Morgan fingerprint density at radius 3 is 2.66 bits per heavy atom. The number of nitrogens with zero attached hydrogens (tertiary/aromatic N) is 3. The van der Waals surface area contributed by atoms with Crippen LogP contribution >= 0.6 is 0 Å². The predicted octanol–water partition coefficient (Wildman–Crippen LogP) is 2.27. The lowest BCUT2D eigenvalue weighted by molar-refractivity contribution is 0.0896. The van der Waals surface area contributed by atoms with Crippen molar-refractivity contribution in [2.45, 2.75) is 67.6 Å². The second kappa shape index (κ2) is 7.68. The van der Waals surface area contributed by atoms with E-state index in [4.69, 9.17) is 5.73 Å². The van der Waals surface area contributed by atoms with Crippen LogP contribution in [0.5, 0.6) is 0 Å². The maximum absolute atomic E-state index is 13.0. The van der Waals surface area contributed by atoms with Crippen LogP contribution in [0.3, 0.4) is 0 Å². The largest absolute Gasteiger partial charge is 0.347 e. The molecule has 0 aromatic heterocycles. The van der Waals surface area contributed by atoms with Crippen molar-refractivity contribution in [1.82, 2.24) is 10.3 Å². The number of amides is 1. The molecule has 0 spiro atoms. The van der Waals surface area contributed by atoms with Crippen LogP contribution in [0, 0.1) is 5.92 Å². The number of benzene rings is 1. The van der Waals surface area contributed by atoms with Crippen LogP contribution in [0.2, 0.25) is 0 Å². The zero-order valence-electron chi connectivity index (χ0n) is 16.8. The Morgan fingerprint density at radius 1 is 1.28 bits per heavy atom. The van der Waals surface area contributed by atoms with Gasteiger partial charge in [-0.05, 0) is 49.8 Å². The van der Waals surface area contributed by atoms with E-state index in [2.05, 4.69) is 15.7 Å². The topological polar surface area (TPSA) is 117 Å². The molecule has 0 radical (unpaired) electrons. The summed E-state index contributed by atoms with van der Waals surface area (Å²) in [5.74, 6) is 0.0659. The van der Waals surface area contributed by atoms with Gasteiger partial charge < -0.3 is 11.1 Å². The monoisotopic (exact) mass is 419 g/mol. The average Bonchev–Trinajstić information content (AvgIpc) is 3.26. The summed E-state index contributed by atoms with van der Waals surface area (Å²) in [7, 11) is -3.37. The van der Waals surface area contributed by atoms with Gasteiger partial charge in [0.2, 0.25) is 0 Å². The molecule has 3 aliphatic rings. The van der Waals surface area contributed by atoms with Crippen LogP contribution in [-0.2, 0) is 9.84 Å². The third-order valence-electron chi connectivity index (χ3n) is 6.34. The van der Waals surface area contributed by atoms with E-state index in [1.807, 2.05) is 5.01 Å². The molecule has 1 unspecified atom stereocenters. The lowest BCUT2D eigenvalue weighted by atomic mass is 9.81. The summed E-state index contributed by atoms with van der Waals surface area (Å²) < 4.78 is 23.7. The minimum atomic E-state index is -3.37. The summed E-state index contributed by atoms with van der Waals surface area (Å²) >= 11 is 0. The lowest BCUT2D eigenvalue weighted by Crippen LogP contribution is -2.51. The van der Waals surface area contributed by atoms with Gasteiger partial charge in [0.25, 0.3) is 5.91 Å². The molecule has 3 N–H and O–H groups in total. The van der Waals surface area contributed by atoms with E-state index in [-0.39, 0.29) is 28.5 Å². The molecular weight excluding hydrogens is 390 g/mol. The van der Waals surface area contributed by atoms with Crippen LogP contribution in [0.25, 0.3) is 0 Å². The van der Waals surface area contributed by atoms with Crippen LogP contribution in [0.15, 0.2) is 39.5 Å². The van der Waals surface area contributed by atoms with Gasteiger partial charge in [0.05, 0.1) is 17.5 Å². The highest BCUT2D eigenvalue weighted by molar-refractivity contribution is 7.90. The Bertz CT molecular complexity index is 906. The number of rotatable bonds is 6. The van der Waals surface area contributed by atoms with E-state index < -0.39 is 9.84 Å². The van der Waals surface area contributed by atoms with Gasteiger partial charge in [0, 0.05) is 11.8 Å². The van der Waals surface area contributed by atoms with Crippen LogP contribution < -0.4 is 11.1 Å². The van der Waals surface area contributed by atoms with E-state index in [0.717, 1.165) is 44.8 Å². The molecule has 1 aromatic rings. The highest BCUT2D eigenvalue weighted by Gasteiger charge is 2.48. The fourth-order valence-corrected chi connectivity index (χ4v) is 5.01. The van der Waals surface area contributed by atoms with E-state index >= 15 is 0 Å². The Labute approximate surface area is 171 Å². The highest BCUT2D eigenvalue weighted by Crippen LogP contribution is 2.39. The average molecular weight is 420 g/mol. The molecule has 2 aliphatic carbocycles. The van der Waals surface area contributed by atoms with E-state index in [1.165, 1.54) is 18.6 Å². The van der Waals surface area contributed by atoms with Gasteiger partial charge in [-0.15, -0.1) is 0 Å². The van der Waals surface area contributed by atoms with Crippen molar-refractivity contribution in [2.24, 2.45) is 22.0 Å². The van der Waals surface area contributed by atoms with Crippen molar-refractivity contribution < 1.29 is 13.2 Å². The SMILES string of the molecule is CS(=O)(=O)c1cccc(C(=O)N[C@@H](C2CCCCC2)C2CN(C3(N)CC3)N=N2)c1. The van der Waals surface area contributed by atoms with Crippen LogP contribution in [0.4, 0.5) is 0 Å². The maximum atomic E-state index is 13.0. The summed E-state index contributed by atoms with van der Waals surface area (Å²) in [4.78, 5) is 13.2. The van der Waals surface area contributed by atoms with Gasteiger partial charge >= 0.3 is 0 Å². The summed E-state index contributed by atoms with van der Waals surface area (Å²) in [6.45, 7) is 0.612. The van der Waals surface area contributed by atoms with Crippen molar-refractivity contribution in [3.8, 4) is 0 Å². The molecule has 4 rings (SSSR count). The summed E-state index contributed by atoms with van der Waals surface area (Å²) in [5.41, 5.74) is 6.24. The highest BCUT2D eigenvalue weighted by atomic mass is 32.2. The molecule has 1 heterocycles. The standard InChI is InChI=1S/C20H29N5O3S/c1-29(27,28)16-9-5-8-15(12-16)19(26)22-18(14-6-3-2-4-7-14)17-13-25(24-23-17)20(21)10-11-20/h5,8-9,12,14,17-18H,2-4,6-7,10-11,13,21H2,1H3,(H,22,26)/t17?,18-/m0/s1. The van der Waals surface area contributed by atoms with E-state index in [0.29, 0.717) is 18.0 Å². The lowest BCUT2D eigenvalue weighted by Gasteiger charge is -2.33. The van der Waals surface area contributed by atoms with Crippen molar-refractivity contribution in [3.63, 3.8) is 0 Å². The number of carbonyl (C=O) groups excluding carboxylic acids is 1. The summed E-state index contributed by atoms with van der Waals surface area (Å²) in [6.07, 6.45) is 8.59. The molecule has 0 saturated heterocycles. The van der Waals surface area contributed by atoms with E-state index in [1.54, 1.807) is 12.1 Å². The number of carbonyl (C=O) groups is 1. The zero-order valence-corrected chi connectivity index (χ0v) is 17.6. The van der Waals surface area contributed by atoms with Gasteiger partial charge in [-0.1, -0.05) is 30.6 Å². The van der Waals surface area contributed by atoms with Gasteiger partial charge in [0.1, 0.15) is 11.7 Å². The Hall–Kier alpha value is -2.00. The molecule has 2 atom stereocenters. The molecule has 29 heavy (non-hydrogen) atoms. The minimum absolute atomic E-state index is 0.138. The maximum Gasteiger partial charge on any atom is 0.251 e. The van der Waals surface area contributed by atoms with E-state index in [9.17, 15) is 13.2 Å². The Kier molecular flexibility index (Phi) is 5.37. The smallest absolute Gasteiger partial charge is 0.251 e. The van der Waals surface area contributed by atoms with Crippen molar-refractivity contribution in [1.29, 1.82) is 0 Å². The second-order valence-electron chi connectivity index (χ2n) is 8.66. The number of nitrogens with two attached hydrogens (primary N) is 1. The van der Waals surface area contributed by atoms with Crippen LogP contribution in [0.1, 0.15) is 55.3 Å². The molecule has 1 aromatic carbocycles. The molecule has 8 nitrogen and oxygen atoms in total. The van der Waals surface area contributed by atoms with Gasteiger partial charge in [-0.3, -0.25) is 9.80 Å². The molecular formula is C20H29N5O3S. The molecule has 9 heteroatoms. The third-order valence-corrected chi connectivity index (χ3v) is 7.45. The number of nitrogens with one attached hydrogen (secondary N) is 1. The van der Waals surface area contributed by atoms with Crippen molar-refractivity contribution in [3.05, 3.63) is 29.8 Å². The first-order valence-corrected chi connectivity index (χ1v) is 12.2. The van der Waals surface area contributed by atoms with Crippen LogP contribution in [-0.4, -0.2) is 49.9 Å². The first-order valence-electron chi connectivity index (χ1n) is 10.3. The Balaban J connectivity index is 1.52. The van der Waals surface area contributed by atoms with Gasteiger partial charge in [0.15, 0.2) is 9.84 Å². The molecule has 2 fully saturated rings. The summed E-state index contributed by atoms with van der Waals surface area (Å²) in [6, 6.07) is 5.91. The Morgan fingerprint density at radius 2 is 2.00 bits per heavy atom. The molecule has 1 amide bonds. The quantitative estimate of drug-likeness (QED) is 0.733.